The minimum absolute atomic E-state index is 0.109. The second-order valence-corrected chi connectivity index (χ2v) is 5.78. The van der Waals surface area contributed by atoms with Crippen molar-refractivity contribution in [1.29, 1.82) is 5.26 Å². The summed E-state index contributed by atoms with van der Waals surface area (Å²) in [7, 11) is 0. The van der Waals surface area contributed by atoms with E-state index in [1.165, 1.54) is 0 Å². The first kappa shape index (κ1) is 14.3. The molecule has 1 saturated heterocycles. The Hall–Kier alpha value is -2.13. The van der Waals surface area contributed by atoms with Crippen molar-refractivity contribution in [1.82, 2.24) is 10.2 Å². The maximum absolute atomic E-state index is 12.5. The van der Waals surface area contributed by atoms with Crippen LogP contribution in [-0.4, -0.2) is 23.4 Å². The number of halogens is 1. The van der Waals surface area contributed by atoms with Crippen molar-refractivity contribution in [3.05, 3.63) is 46.5 Å². The van der Waals surface area contributed by atoms with Crippen LogP contribution in [0.25, 0.3) is 0 Å². The van der Waals surface area contributed by atoms with Crippen LogP contribution in [0.5, 0.6) is 0 Å². The summed E-state index contributed by atoms with van der Waals surface area (Å²) in [5, 5.41) is 11.6. The number of nitrogens with one attached hydrogen (secondary N) is 1. The normalized spacial score (nSPS) is 21.6. The fourth-order valence-electron chi connectivity index (χ4n) is 2.11. The van der Waals surface area contributed by atoms with Crippen molar-refractivity contribution in [2.75, 3.05) is 6.54 Å². The van der Waals surface area contributed by atoms with E-state index in [0.717, 1.165) is 4.90 Å². The number of amides is 3. The average molecular weight is 334 g/mol. The van der Waals surface area contributed by atoms with Crippen LogP contribution < -0.4 is 5.32 Å². The molecule has 0 aliphatic carbocycles. The molecule has 0 aromatic heterocycles. The van der Waals surface area contributed by atoms with Crippen molar-refractivity contribution in [3.63, 3.8) is 0 Å². The van der Waals surface area contributed by atoms with Gasteiger partial charge in [-0.25, -0.2) is 4.79 Å². The predicted octanol–water partition coefficient (Wildman–Crippen LogP) is 2.23. The molecule has 1 aliphatic rings. The Labute approximate surface area is 125 Å². The van der Waals surface area contributed by atoms with Gasteiger partial charge >= 0.3 is 6.03 Å². The van der Waals surface area contributed by atoms with Crippen molar-refractivity contribution >= 4 is 27.9 Å². The van der Waals surface area contributed by atoms with E-state index in [-0.39, 0.29) is 12.5 Å². The molecule has 1 fully saturated rings. The molecule has 1 aliphatic heterocycles. The lowest BCUT2D eigenvalue weighted by Crippen LogP contribution is -2.41. The summed E-state index contributed by atoms with van der Waals surface area (Å²) in [4.78, 5) is 25.5. The van der Waals surface area contributed by atoms with Crippen LogP contribution >= 0.6 is 15.9 Å². The third kappa shape index (κ3) is 2.32. The number of imide groups is 1. The molecule has 2 rings (SSSR count). The highest BCUT2D eigenvalue weighted by molar-refractivity contribution is 9.11. The number of rotatable bonds is 3. The van der Waals surface area contributed by atoms with Crippen LogP contribution in [0.4, 0.5) is 4.79 Å². The number of carbonyl (C=O) groups excluding carboxylic acids is 2. The first-order valence-electron chi connectivity index (χ1n) is 5.86. The number of urea groups is 1. The van der Waals surface area contributed by atoms with Crippen LogP contribution in [0.15, 0.2) is 35.3 Å². The molecule has 0 bridgehead atoms. The minimum Gasteiger partial charge on any atom is -0.319 e. The zero-order chi connectivity index (χ0) is 14.9. The van der Waals surface area contributed by atoms with E-state index in [0.29, 0.717) is 15.6 Å². The summed E-state index contributed by atoms with van der Waals surface area (Å²) in [5.41, 5.74) is -0.140. The van der Waals surface area contributed by atoms with E-state index in [1.54, 1.807) is 31.2 Å². The molecule has 1 N–H and O–H groups in total. The zero-order valence-electron chi connectivity index (χ0n) is 10.8. The van der Waals surface area contributed by atoms with Crippen molar-refractivity contribution in [2.45, 2.75) is 12.5 Å². The molecule has 20 heavy (non-hydrogen) atoms. The van der Waals surface area contributed by atoms with Gasteiger partial charge in [0.15, 0.2) is 0 Å². The fraction of sp³-hybridized carbons (Fsp3) is 0.214. The maximum Gasteiger partial charge on any atom is 0.325 e. The van der Waals surface area contributed by atoms with Crippen molar-refractivity contribution in [2.24, 2.45) is 0 Å². The van der Waals surface area contributed by atoms with E-state index in [2.05, 4.69) is 27.8 Å². The lowest BCUT2D eigenvalue weighted by atomic mass is 9.91. The van der Waals surface area contributed by atoms with Gasteiger partial charge in [0.2, 0.25) is 0 Å². The Bertz CT molecular complexity index is 650. The molecular formula is C14H12BrN3O2. The highest BCUT2D eigenvalue weighted by Gasteiger charge is 2.48. The number of benzene rings is 1. The zero-order valence-corrected chi connectivity index (χ0v) is 12.4. The summed E-state index contributed by atoms with van der Waals surface area (Å²) in [5.74, 6) is -0.363. The van der Waals surface area contributed by atoms with Gasteiger partial charge in [-0.05, 0) is 24.6 Å². The second-order valence-electron chi connectivity index (χ2n) is 4.66. The molecule has 0 unspecified atom stereocenters. The van der Waals surface area contributed by atoms with Gasteiger partial charge < -0.3 is 5.32 Å². The van der Waals surface area contributed by atoms with Crippen LogP contribution in [0.2, 0.25) is 0 Å². The fourth-order valence-corrected chi connectivity index (χ4v) is 2.36. The third-order valence-corrected chi connectivity index (χ3v) is 3.42. The van der Waals surface area contributed by atoms with E-state index in [1.807, 2.05) is 6.07 Å². The molecule has 1 aromatic rings. The second kappa shape index (κ2) is 5.10. The van der Waals surface area contributed by atoms with Gasteiger partial charge in [0.25, 0.3) is 5.91 Å². The lowest BCUT2D eigenvalue weighted by molar-refractivity contribution is -0.130. The molecule has 1 aromatic carbocycles. The Morgan fingerprint density at radius 2 is 2.25 bits per heavy atom. The highest BCUT2D eigenvalue weighted by Crippen LogP contribution is 2.29. The summed E-state index contributed by atoms with van der Waals surface area (Å²) in [6, 6.07) is 8.19. The molecule has 0 radical (unpaired) electrons. The largest absolute Gasteiger partial charge is 0.325 e. The summed E-state index contributed by atoms with van der Waals surface area (Å²) in [6.45, 7) is 5.37. The summed E-state index contributed by atoms with van der Waals surface area (Å²) in [6.07, 6.45) is 0. The quantitative estimate of drug-likeness (QED) is 0.862. The number of nitrogens with zero attached hydrogens (tertiary/aromatic N) is 2. The maximum atomic E-state index is 12.5. The van der Waals surface area contributed by atoms with Crippen LogP contribution in [0.3, 0.4) is 0 Å². The highest BCUT2D eigenvalue weighted by atomic mass is 79.9. The number of nitriles is 1. The van der Waals surface area contributed by atoms with E-state index >= 15 is 0 Å². The first-order chi connectivity index (χ1) is 9.38. The van der Waals surface area contributed by atoms with E-state index in [4.69, 9.17) is 5.26 Å². The first-order valence-corrected chi connectivity index (χ1v) is 6.66. The number of hydrogen-bond donors (Lipinski definition) is 1. The van der Waals surface area contributed by atoms with Crippen molar-refractivity contribution in [3.8, 4) is 6.07 Å². The Morgan fingerprint density at radius 1 is 1.55 bits per heavy atom. The SMILES string of the molecule is C=C(Br)CN1C(=O)N[C@](C)(c2cccc(C#N)c2)C1=O. The van der Waals surface area contributed by atoms with Gasteiger partial charge in [0.05, 0.1) is 18.2 Å². The third-order valence-electron chi connectivity index (χ3n) is 3.17. The summed E-state index contributed by atoms with van der Waals surface area (Å²) >= 11 is 3.14. The monoisotopic (exact) mass is 333 g/mol. The van der Waals surface area contributed by atoms with Crippen LogP contribution in [0, 0.1) is 11.3 Å². The van der Waals surface area contributed by atoms with E-state index < -0.39 is 11.6 Å². The van der Waals surface area contributed by atoms with Crippen LogP contribution in [-0.2, 0) is 10.3 Å². The summed E-state index contributed by atoms with van der Waals surface area (Å²) < 4.78 is 0.538. The van der Waals surface area contributed by atoms with Gasteiger partial charge in [0, 0.05) is 4.48 Å². The topological polar surface area (TPSA) is 73.2 Å². The molecule has 5 nitrogen and oxygen atoms in total. The molecule has 1 heterocycles. The van der Waals surface area contributed by atoms with Crippen molar-refractivity contribution < 1.29 is 9.59 Å². The van der Waals surface area contributed by atoms with Gasteiger partial charge in [-0.1, -0.05) is 34.6 Å². The number of hydrogen-bond acceptors (Lipinski definition) is 3. The van der Waals surface area contributed by atoms with Gasteiger partial charge in [-0.3, -0.25) is 9.69 Å². The molecule has 6 heteroatoms. The van der Waals surface area contributed by atoms with Gasteiger partial charge in [-0.15, -0.1) is 0 Å². The molecule has 1 atom stereocenters. The Kier molecular flexibility index (Phi) is 3.64. The Balaban J connectivity index is 2.41. The minimum atomic E-state index is -1.16. The molecule has 0 spiro atoms. The molecule has 3 amide bonds. The van der Waals surface area contributed by atoms with Gasteiger partial charge in [0.1, 0.15) is 5.54 Å². The molecular weight excluding hydrogens is 322 g/mol. The standard InChI is InChI=1S/C14H12BrN3O2/c1-9(15)8-18-12(19)14(2,17-13(18)20)11-5-3-4-10(6-11)7-16/h3-6H,1,8H2,2H3,(H,17,20)/t14-/m1/s1. The predicted molar refractivity (Wildman–Crippen MR) is 76.8 cm³/mol. The molecule has 102 valence electrons. The van der Waals surface area contributed by atoms with Crippen LogP contribution in [0.1, 0.15) is 18.1 Å². The molecule has 0 saturated carbocycles. The lowest BCUT2D eigenvalue weighted by Gasteiger charge is -2.22. The van der Waals surface area contributed by atoms with E-state index in [9.17, 15) is 9.59 Å². The van der Waals surface area contributed by atoms with Gasteiger partial charge in [-0.2, -0.15) is 5.26 Å². The smallest absolute Gasteiger partial charge is 0.319 e. The Morgan fingerprint density at radius 3 is 2.85 bits per heavy atom. The average Bonchev–Trinajstić information content (AvgIpc) is 2.63. The number of carbonyl (C=O) groups is 2.